The summed E-state index contributed by atoms with van der Waals surface area (Å²) < 4.78 is 4.93. The monoisotopic (exact) mass is 273 g/mol. The number of piperazine rings is 1. The average Bonchev–Trinajstić information content (AvgIpc) is 2.53. The third-order valence-corrected chi connectivity index (χ3v) is 3.51. The predicted octanol–water partition coefficient (Wildman–Crippen LogP) is 1.24. The van der Waals surface area contributed by atoms with E-state index in [1.807, 2.05) is 29.2 Å². The van der Waals surface area contributed by atoms with Crippen LogP contribution in [0.2, 0.25) is 0 Å². The molecule has 1 aliphatic heterocycles. The van der Waals surface area contributed by atoms with Crippen molar-refractivity contribution in [2.75, 3.05) is 44.8 Å². The highest BCUT2D eigenvalue weighted by atomic mass is 16.5. The minimum Gasteiger partial charge on any atom is -0.384 e. The zero-order valence-electron chi connectivity index (χ0n) is 11.7. The maximum absolute atomic E-state index is 11.9. The van der Waals surface area contributed by atoms with Gasteiger partial charge in [-0.2, -0.15) is 5.26 Å². The Bertz CT molecular complexity index is 485. The van der Waals surface area contributed by atoms with Crippen LogP contribution in [0, 0.1) is 11.3 Å². The summed E-state index contributed by atoms with van der Waals surface area (Å²) in [6.45, 7) is 3.61. The summed E-state index contributed by atoms with van der Waals surface area (Å²) in [6, 6.07) is 9.68. The highest BCUT2D eigenvalue weighted by molar-refractivity contribution is 5.76. The lowest BCUT2D eigenvalue weighted by Gasteiger charge is -2.36. The van der Waals surface area contributed by atoms with Gasteiger partial charge in [-0.15, -0.1) is 0 Å². The number of methoxy groups -OCH3 is 1. The van der Waals surface area contributed by atoms with Crippen LogP contribution in [0.15, 0.2) is 24.3 Å². The van der Waals surface area contributed by atoms with Crippen molar-refractivity contribution in [3.05, 3.63) is 29.8 Å². The van der Waals surface area contributed by atoms with Gasteiger partial charge in [0.1, 0.15) is 0 Å². The molecule has 106 valence electrons. The zero-order chi connectivity index (χ0) is 14.4. The van der Waals surface area contributed by atoms with Crippen molar-refractivity contribution in [1.82, 2.24) is 4.90 Å². The molecule has 5 nitrogen and oxygen atoms in total. The number of ether oxygens (including phenoxy) is 1. The third kappa shape index (κ3) is 3.49. The van der Waals surface area contributed by atoms with Gasteiger partial charge in [0.15, 0.2) is 0 Å². The van der Waals surface area contributed by atoms with Crippen LogP contribution in [-0.4, -0.2) is 50.7 Å². The van der Waals surface area contributed by atoms with Gasteiger partial charge in [0, 0.05) is 39.0 Å². The lowest BCUT2D eigenvalue weighted by Crippen LogP contribution is -2.49. The molecule has 1 aromatic rings. The molecule has 0 spiro atoms. The number of benzene rings is 1. The molecule has 1 saturated heterocycles. The van der Waals surface area contributed by atoms with E-state index in [1.165, 1.54) is 0 Å². The number of anilines is 1. The van der Waals surface area contributed by atoms with E-state index in [2.05, 4.69) is 11.0 Å². The molecular weight excluding hydrogens is 254 g/mol. The molecule has 1 fully saturated rings. The van der Waals surface area contributed by atoms with Gasteiger partial charge in [-0.3, -0.25) is 4.79 Å². The van der Waals surface area contributed by atoms with E-state index in [4.69, 9.17) is 10.00 Å². The van der Waals surface area contributed by atoms with Crippen LogP contribution in [0.1, 0.15) is 12.0 Å². The molecule has 0 saturated carbocycles. The van der Waals surface area contributed by atoms with E-state index in [9.17, 15) is 4.79 Å². The molecule has 0 unspecified atom stereocenters. The first-order chi connectivity index (χ1) is 9.74. The number of nitrogens with zero attached hydrogens (tertiary/aromatic N) is 3. The molecule has 0 aliphatic carbocycles. The Balaban J connectivity index is 1.87. The van der Waals surface area contributed by atoms with Gasteiger partial charge in [-0.05, 0) is 24.3 Å². The van der Waals surface area contributed by atoms with Crippen LogP contribution < -0.4 is 4.90 Å². The molecule has 1 aliphatic rings. The molecule has 1 heterocycles. The molecule has 0 atom stereocenters. The molecule has 1 amide bonds. The average molecular weight is 273 g/mol. The zero-order valence-corrected chi connectivity index (χ0v) is 11.7. The Morgan fingerprint density at radius 3 is 2.45 bits per heavy atom. The summed E-state index contributed by atoms with van der Waals surface area (Å²) in [5, 5.41) is 8.79. The van der Waals surface area contributed by atoms with Crippen LogP contribution in [-0.2, 0) is 9.53 Å². The second-order valence-corrected chi connectivity index (χ2v) is 4.77. The van der Waals surface area contributed by atoms with Gasteiger partial charge in [0.25, 0.3) is 0 Å². The lowest BCUT2D eigenvalue weighted by molar-refractivity contribution is -0.132. The summed E-state index contributed by atoms with van der Waals surface area (Å²) in [5.74, 6) is 0.159. The smallest absolute Gasteiger partial charge is 0.225 e. The Morgan fingerprint density at radius 2 is 1.90 bits per heavy atom. The second-order valence-electron chi connectivity index (χ2n) is 4.77. The summed E-state index contributed by atoms with van der Waals surface area (Å²) in [5.41, 5.74) is 1.77. The van der Waals surface area contributed by atoms with E-state index in [0.29, 0.717) is 18.6 Å². The Labute approximate surface area is 119 Å². The molecule has 20 heavy (non-hydrogen) atoms. The maximum Gasteiger partial charge on any atom is 0.225 e. The second kappa shape index (κ2) is 6.92. The Morgan fingerprint density at radius 1 is 1.25 bits per heavy atom. The van der Waals surface area contributed by atoms with Crippen molar-refractivity contribution in [1.29, 1.82) is 5.26 Å². The first-order valence-electron chi connectivity index (χ1n) is 6.76. The first-order valence-corrected chi connectivity index (χ1v) is 6.76. The van der Waals surface area contributed by atoms with Gasteiger partial charge in [-0.25, -0.2) is 0 Å². The molecule has 0 aromatic heterocycles. The van der Waals surface area contributed by atoms with Crippen molar-refractivity contribution < 1.29 is 9.53 Å². The minimum absolute atomic E-state index is 0.159. The summed E-state index contributed by atoms with van der Waals surface area (Å²) >= 11 is 0. The molecule has 5 heteroatoms. The summed E-state index contributed by atoms with van der Waals surface area (Å²) in [7, 11) is 1.61. The van der Waals surface area contributed by atoms with Crippen LogP contribution in [0.25, 0.3) is 0 Å². The Hall–Kier alpha value is -2.06. The molecule has 2 rings (SSSR count). The van der Waals surface area contributed by atoms with Crippen LogP contribution in [0.5, 0.6) is 0 Å². The quantitative estimate of drug-likeness (QED) is 0.828. The summed E-state index contributed by atoms with van der Waals surface area (Å²) in [6.07, 6.45) is 0.452. The lowest BCUT2D eigenvalue weighted by atomic mass is 10.2. The van der Waals surface area contributed by atoms with Crippen molar-refractivity contribution in [3.63, 3.8) is 0 Å². The van der Waals surface area contributed by atoms with Crippen LogP contribution in [0.3, 0.4) is 0 Å². The number of hydrogen-bond acceptors (Lipinski definition) is 4. The molecule has 0 bridgehead atoms. The first kappa shape index (κ1) is 14.4. The fourth-order valence-electron chi connectivity index (χ4n) is 2.31. The number of hydrogen-bond donors (Lipinski definition) is 0. The number of rotatable bonds is 4. The van der Waals surface area contributed by atoms with Crippen molar-refractivity contribution >= 4 is 11.6 Å². The predicted molar refractivity (Wildman–Crippen MR) is 76.4 cm³/mol. The largest absolute Gasteiger partial charge is 0.384 e. The number of carbonyl (C=O) groups excluding carboxylic acids is 1. The van der Waals surface area contributed by atoms with Crippen molar-refractivity contribution in [3.8, 4) is 6.07 Å². The number of amides is 1. The molecule has 1 aromatic carbocycles. The topological polar surface area (TPSA) is 56.6 Å². The fourth-order valence-corrected chi connectivity index (χ4v) is 2.31. The normalized spacial score (nSPS) is 15.0. The standard InChI is InChI=1S/C15H19N3O2/c1-20-11-6-15(19)18-9-7-17(8-10-18)14-4-2-13(12-16)3-5-14/h2-5H,6-11H2,1H3. The van der Waals surface area contributed by atoms with Crippen LogP contribution in [0.4, 0.5) is 5.69 Å². The van der Waals surface area contributed by atoms with Gasteiger partial charge in [0.05, 0.1) is 24.7 Å². The van der Waals surface area contributed by atoms with Gasteiger partial charge in [-0.1, -0.05) is 0 Å². The molecule has 0 N–H and O–H groups in total. The van der Waals surface area contributed by atoms with E-state index in [1.54, 1.807) is 7.11 Å². The van der Waals surface area contributed by atoms with Gasteiger partial charge in [0.2, 0.25) is 5.91 Å². The SMILES string of the molecule is COCCC(=O)N1CCN(c2ccc(C#N)cc2)CC1. The summed E-state index contributed by atoms with van der Waals surface area (Å²) in [4.78, 5) is 16.0. The third-order valence-electron chi connectivity index (χ3n) is 3.51. The van der Waals surface area contributed by atoms with Gasteiger partial charge < -0.3 is 14.5 Å². The highest BCUT2D eigenvalue weighted by Gasteiger charge is 2.20. The molecular formula is C15H19N3O2. The molecule has 0 radical (unpaired) electrons. The van der Waals surface area contributed by atoms with E-state index in [0.717, 1.165) is 31.9 Å². The van der Waals surface area contributed by atoms with Crippen molar-refractivity contribution in [2.45, 2.75) is 6.42 Å². The number of carbonyl (C=O) groups is 1. The number of nitriles is 1. The Kier molecular flexibility index (Phi) is 4.97. The minimum atomic E-state index is 0.159. The highest BCUT2D eigenvalue weighted by Crippen LogP contribution is 2.17. The van der Waals surface area contributed by atoms with E-state index >= 15 is 0 Å². The van der Waals surface area contributed by atoms with E-state index in [-0.39, 0.29) is 5.91 Å². The van der Waals surface area contributed by atoms with Crippen LogP contribution >= 0.6 is 0 Å². The maximum atomic E-state index is 11.9. The van der Waals surface area contributed by atoms with E-state index < -0.39 is 0 Å². The fraction of sp³-hybridized carbons (Fsp3) is 0.467. The van der Waals surface area contributed by atoms with Crippen molar-refractivity contribution in [2.24, 2.45) is 0 Å². The van der Waals surface area contributed by atoms with Gasteiger partial charge >= 0.3 is 0 Å².